The van der Waals surface area contributed by atoms with Gasteiger partial charge in [-0.05, 0) is 37.3 Å². The van der Waals surface area contributed by atoms with Crippen molar-refractivity contribution in [1.29, 1.82) is 0 Å². The summed E-state index contributed by atoms with van der Waals surface area (Å²) < 4.78 is 34.8. The van der Waals surface area contributed by atoms with Gasteiger partial charge in [-0.25, -0.2) is 13.1 Å². The fraction of sp³-hybridized carbons (Fsp3) is 0.273. The maximum Gasteiger partial charge on any atom is 0.295 e. The average Bonchev–Trinajstić information content (AvgIpc) is 2.90. The highest BCUT2D eigenvalue weighted by Crippen LogP contribution is 2.36. The lowest BCUT2D eigenvalue weighted by Gasteiger charge is -2.21. The first-order valence-electron chi connectivity index (χ1n) is 10.2. The quantitative estimate of drug-likeness (QED) is 0.605. The van der Waals surface area contributed by atoms with Crippen molar-refractivity contribution < 1.29 is 17.9 Å². The summed E-state index contributed by atoms with van der Waals surface area (Å²) in [6.07, 6.45) is 0.155. The maximum absolute atomic E-state index is 13.1. The molecule has 0 fully saturated rings. The number of hydrogen-bond donors (Lipinski definition) is 1. The molecule has 0 aliphatic carbocycles. The third-order valence-corrected chi connectivity index (χ3v) is 6.96. The number of rotatable bonds is 4. The normalized spacial score (nSPS) is 16.0. The third-order valence-electron chi connectivity index (χ3n) is 5.55. The van der Waals surface area contributed by atoms with E-state index in [1.165, 1.54) is 16.8 Å². The Balaban J connectivity index is 1.65. The number of hydrogen-bond acceptors (Lipinski definition) is 5. The first kappa shape index (κ1) is 22.9. The van der Waals surface area contributed by atoms with Crippen LogP contribution in [0.5, 0.6) is 5.75 Å². The lowest BCUT2D eigenvalue weighted by molar-refractivity contribution is -0.122. The molecular weight excluding hydrogens is 468 g/mol. The molecule has 1 N–H and O–H groups in total. The fourth-order valence-corrected chi connectivity index (χ4v) is 4.90. The monoisotopic (exact) mass is 490 g/mol. The molecule has 0 radical (unpaired) electrons. The van der Waals surface area contributed by atoms with Crippen LogP contribution in [-0.2, 0) is 21.9 Å². The minimum atomic E-state index is -3.63. The third kappa shape index (κ3) is 4.36. The largest absolute Gasteiger partial charge is 0.478 e. The SMILES string of the molecule is Cc1c(NC(=O)[C@H]2CCN(S(C)(=O)=O)c3cc(Cl)ccc3O2)c(=O)n(-c2ccccc2)n1C. The Bertz CT molecular complexity index is 1380. The number of fused-ring (bicyclic) bond motifs is 1. The number of ether oxygens (including phenoxy) is 1. The molecule has 174 valence electrons. The zero-order valence-corrected chi connectivity index (χ0v) is 19.9. The average molecular weight is 491 g/mol. The van der Waals surface area contributed by atoms with E-state index in [-0.39, 0.29) is 35.6 Å². The van der Waals surface area contributed by atoms with E-state index in [1.807, 2.05) is 18.2 Å². The molecule has 11 heteroatoms. The Labute approximate surface area is 196 Å². The molecule has 1 atom stereocenters. The van der Waals surface area contributed by atoms with Gasteiger partial charge >= 0.3 is 0 Å². The van der Waals surface area contributed by atoms with Crippen LogP contribution < -0.4 is 19.9 Å². The van der Waals surface area contributed by atoms with Gasteiger partial charge in [0.1, 0.15) is 11.4 Å². The van der Waals surface area contributed by atoms with Crippen molar-refractivity contribution >= 4 is 38.9 Å². The summed E-state index contributed by atoms with van der Waals surface area (Å²) in [4.78, 5) is 26.2. The standard InChI is InChI=1S/C22H23ClN4O5S/c1-14-20(22(29)27(25(14)2)16-7-5-4-6-8-16)24-21(28)19-11-12-26(33(3,30)31)17-13-15(23)9-10-18(17)32-19/h4-10,13,19H,11-12H2,1-3H3,(H,24,28)/t19-/m1/s1. The molecule has 0 bridgehead atoms. The van der Waals surface area contributed by atoms with Crippen LogP contribution in [-0.4, -0.2) is 42.6 Å². The molecule has 0 saturated carbocycles. The molecule has 0 spiro atoms. The van der Waals surface area contributed by atoms with Gasteiger partial charge in [-0.3, -0.25) is 18.6 Å². The highest BCUT2D eigenvalue weighted by molar-refractivity contribution is 7.92. The van der Waals surface area contributed by atoms with Gasteiger partial charge in [-0.1, -0.05) is 29.8 Å². The summed E-state index contributed by atoms with van der Waals surface area (Å²) >= 11 is 6.06. The van der Waals surface area contributed by atoms with Crippen molar-refractivity contribution in [2.75, 3.05) is 22.4 Å². The molecule has 0 unspecified atom stereocenters. The van der Waals surface area contributed by atoms with Gasteiger partial charge in [-0.2, -0.15) is 0 Å². The molecule has 1 aliphatic rings. The zero-order valence-electron chi connectivity index (χ0n) is 18.3. The highest BCUT2D eigenvalue weighted by Gasteiger charge is 2.32. The van der Waals surface area contributed by atoms with Crippen LogP contribution in [0.4, 0.5) is 11.4 Å². The molecular formula is C22H23ClN4O5S. The number of halogens is 1. The number of nitrogens with one attached hydrogen (secondary N) is 1. The summed E-state index contributed by atoms with van der Waals surface area (Å²) in [6.45, 7) is 1.75. The van der Waals surface area contributed by atoms with E-state index in [2.05, 4.69) is 5.32 Å². The summed E-state index contributed by atoms with van der Waals surface area (Å²) in [6, 6.07) is 13.6. The van der Waals surface area contributed by atoms with Crippen molar-refractivity contribution in [3.8, 4) is 11.4 Å². The number of aromatic nitrogens is 2. The second-order valence-corrected chi connectivity index (χ2v) is 10.1. The van der Waals surface area contributed by atoms with Crippen molar-refractivity contribution in [2.45, 2.75) is 19.4 Å². The molecule has 1 aliphatic heterocycles. The Hall–Kier alpha value is -3.24. The lowest BCUT2D eigenvalue weighted by Crippen LogP contribution is -2.37. The lowest BCUT2D eigenvalue weighted by atomic mass is 10.2. The number of para-hydroxylation sites is 1. The molecule has 2 aromatic carbocycles. The highest BCUT2D eigenvalue weighted by atomic mass is 35.5. The second-order valence-electron chi connectivity index (χ2n) is 7.77. The molecule has 1 amide bonds. The Morgan fingerprint density at radius 1 is 1.18 bits per heavy atom. The Kier molecular flexibility index (Phi) is 5.98. The Morgan fingerprint density at radius 3 is 2.55 bits per heavy atom. The maximum atomic E-state index is 13.1. The van der Waals surface area contributed by atoms with E-state index in [0.29, 0.717) is 16.4 Å². The van der Waals surface area contributed by atoms with Gasteiger partial charge < -0.3 is 10.1 Å². The smallest absolute Gasteiger partial charge is 0.295 e. The van der Waals surface area contributed by atoms with Crippen molar-refractivity contribution in [2.24, 2.45) is 7.05 Å². The first-order valence-corrected chi connectivity index (χ1v) is 12.4. The molecule has 2 heterocycles. The van der Waals surface area contributed by atoms with Gasteiger partial charge in [0.25, 0.3) is 11.5 Å². The predicted octanol–water partition coefficient (Wildman–Crippen LogP) is 2.69. The second kappa shape index (κ2) is 8.60. The number of benzene rings is 2. The van der Waals surface area contributed by atoms with Crippen molar-refractivity contribution in [3.05, 3.63) is 69.6 Å². The number of anilines is 2. The summed E-state index contributed by atoms with van der Waals surface area (Å²) in [7, 11) is -1.90. The number of nitrogens with zero attached hydrogens (tertiary/aromatic N) is 3. The zero-order chi connectivity index (χ0) is 23.9. The van der Waals surface area contributed by atoms with Crippen LogP contribution in [0.3, 0.4) is 0 Å². The predicted molar refractivity (Wildman–Crippen MR) is 127 cm³/mol. The van der Waals surface area contributed by atoms with Gasteiger partial charge in [0.15, 0.2) is 6.10 Å². The molecule has 3 aromatic rings. The molecule has 0 saturated heterocycles. The van der Waals surface area contributed by atoms with Crippen LogP contribution in [0.2, 0.25) is 5.02 Å². The summed E-state index contributed by atoms with van der Waals surface area (Å²) in [5.74, 6) is -0.328. The van der Waals surface area contributed by atoms with Crippen LogP contribution in [0.15, 0.2) is 53.3 Å². The fourth-order valence-electron chi connectivity index (χ4n) is 3.80. The van der Waals surface area contributed by atoms with E-state index in [9.17, 15) is 18.0 Å². The van der Waals surface area contributed by atoms with E-state index in [1.54, 1.807) is 36.9 Å². The van der Waals surface area contributed by atoms with Crippen LogP contribution in [0.25, 0.3) is 5.69 Å². The number of amides is 1. The molecule has 4 rings (SSSR count). The van der Waals surface area contributed by atoms with E-state index < -0.39 is 22.0 Å². The summed E-state index contributed by atoms with van der Waals surface area (Å²) in [5.41, 5.74) is 1.25. The van der Waals surface area contributed by atoms with Gasteiger partial charge in [0, 0.05) is 25.0 Å². The van der Waals surface area contributed by atoms with Crippen LogP contribution in [0, 0.1) is 6.92 Å². The Morgan fingerprint density at radius 2 is 1.88 bits per heavy atom. The van der Waals surface area contributed by atoms with Crippen LogP contribution in [0.1, 0.15) is 12.1 Å². The molecule has 33 heavy (non-hydrogen) atoms. The van der Waals surface area contributed by atoms with Gasteiger partial charge in [0.2, 0.25) is 10.0 Å². The molecule has 9 nitrogen and oxygen atoms in total. The van der Waals surface area contributed by atoms with Crippen molar-refractivity contribution in [1.82, 2.24) is 9.36 Å². The number of carbonyl (C=O) groups is 1. The number of carbonyl (C=O) groups excluding carboxylic acids is 1. The topological polar surface area (TPSA) is 103 Å². The van der Waals surface area contributed by atoms with Crippen LogP contribution >= 0.6 is 11.6 Å². The minimum Gasteiger partial charge on any atom is -0.478 e. The van der Waals surface area contributed by atoms with E-state index in [4.69, 9.17) is 16.3 Å². The van der Waals surface area contributed by atoms with Gasteiger partial charge in [-0.15, -0.1) is 0 Å². The first-order chi connectivity index (χ1) is 15.6. The van der Waals surface area contributed by atoms with Crippen molar-refractivity contribution in [3.63, 3.8) is 0 Å². The van der Waals surface area contributed by atoms with Gasteiger partial charge in [0.05, 0.1) is 23.3 Å². The van der Waals surface area contributed by atoms with E-state index in [0.717, 1.165) is 10.6 Å². The van der Waals surface area contributed by atoms with E-state index >= 15 is 0 Å². The minimum absolute atomic E-state index is 0.0201. The number of sulfonamides is 1. The summed E-state index contributed by atoms with van der Waals surface area (Å²) in [5, 5.41) is 3.03. The molecule has 1 aromatic heterocycles.